The van der Waals surface area contributed by atoms with Crippen molar-refractivity contribution in [3.63, 3.8) is 0 Å². The fraction of sp³-hybridized carbons (Fsp3) is 0.400. The lowest BCUT2D eigenvalue weighted by Gasteiger charge is -2.17. The van der Waals surface area contributed by atoms with Gasteiger partial charge in [-0.2, -0.15) is 5.26 Å². The Morgan fingerprint density at radius 1 is 1.43 bits per heavy atom. The first-order chi connectivity index (χ1) is 9.94. The molecule has 0 aliphatic rings. The number of nitrogens with zero attached hydrogens (tertiary/aromatic N) is 1. The van der Waals surface area contributed by atoms with E-state index in [2.05, 4.69) is 16.6 Å². The van der Waals surface area contributed by atoms with Crippen molar-refractivity contribution in [1.82, 2.24) is 4.72 Å². The smallest absolute Gasteiger partial charge is 0.228 e. The Kier molecular flexibility index (Phi) is 6.39. The molecule has 0 amide bonds. The fourth-order valence-electron chi connectivity index (χ4n) is 1.80. The quantitative estimate of drug-likeness (QED) is 0.803. The van der Waals surface area contributed by atoms with Crippen molar-refractivity contribution in [3.05, 3.63) is 35.4 Å². The summed E-state index contributed by atoms with van der Waals surface area (Å²) in [6.07, 6.45) is 0.237. The van der Waals surface area contributed by atoms with Crippen LogP contribution in [0.5, 0.6) is 0 Å². The predicted octanol–water partition coefficient (Wildman–Crippen LogP) is 1.31. The van der Waals surface area contributed by atoms with Crippen LogP contribution in [0.2, 0.25) is 0 Å². The molecule has 6 heteroatoms. The number of rotatable bonds is 5. The van der Waals surface area contributed by atoms with Gasteiger partial charge in [-0.1, -0.05) is 30.9 Å². The largest absolute Gasteiger partial charge is 0.384 e. The molecule has 112 valence electrons. The van der Waals surface area contributed by atoms with Gasteiger partial charge in [-0.3, -0.25) is 0 Å². The lowest BCUT2D eigenvalue weighted by molar-refractivity contribution is 0.350. The van der Waals surface area contributed by atoms with Crippen LogP contribution in [-0.4, -0.2) is 25.4 Å². The molecule has 0 aliphatic heterocycles. The summed E-state index contributed by atoms with van der Waals surface area (Å²) in [5, 5.41) is 16.5. The number of benzene rings is 1. The van der Waals surface area contributed by atoms with Crippen LogP contribution in [0.25, 0.3) is 0 Å². The van der Waals surface area contributed by atoms with Gasteiger partial charge >= 0.3 is 0 Å². The third kappa shape index (κ3) is 4.87. The Hall–Kier alpha value is -1.86. The van der Waals surface area contributed by atoms with Crippen molar-refractivity contribution in [2.24, 2.45) is 0 Å². The molecular formula is C15H18N2O3S. The lowest BCUT2D eigenvalue weighted by Crippen LogP contribution is -2.34. The van der Waals surface area contributed by atoms with Crippen molar-refractivity contribution in [1.29, 1.82) is 5.26 Å². The van der Waals surface area contributed by atoms with Gasteiger partial charge in [0.25, 0.3) is 0 Å². The molecule has 2 N–H and O–H groups in total. The number of sulfonamides is 1. The third-order valence-electron chi connectivity index (χ3n) is 2.93. The first-order valence-corrected chi connectivity index (χ1v) is 8.09. The lowest BCUT2D eigenvalue weighted by atomic mass is 10.1. The van der Waals surface area contributed by atoms with Gasteiger partial charge in [0.05, 0.1) is 6.07 Å². The van der Waals surface area contributed by atoms with Gasteiger partial charge in [0.1, 0.15) is 6.61 Å². The van der Waals surface area contributed by atoms with Crippen molar-refractivity contribution < 1.29 is 13.5 Å². The molecule has 2 unspecified atom stereocenters. The molecule has 21 heavy (non-hydrogen) atoms. The summed E-state index contributed by atoms with van der Waals surface area (Å²) >= 11 is 0. The standard InChI is InChI=1S/C15H18N2O3S/c1-3-15(11-16)21(19,20)17-12(2)14-8-4-6-13(10-14)7-5-9-18/h4,6,8,10,12,15,17-18H,3,9H2,1-2H3. The number of nitriles is 1. The van der Waals surface area contributed by atoms with Crippen LogP contribution in [0.4, 0.5) is 0 Å². The van der Waals surface area contributed by atoms with Gasteiger partial charge in [0, 0.05) is 11.6 Å². The molecule has 5 nitrogen and oxygen atoms in total. The molecule has 0 bridgehead atoms. The Balaban J connectivity index is 2.95. The van der Waals surface area contributed by atoms with Gasteiger partial charge < -0.3 is 5.11 Å². The first kappa shape index (κ1) is 17.2. The number of aliphatic hydroxyl groups excluding tert-OH is 1. The Morgan fingerprint density at radius 2 is 2.14 bits per heavy atom. The molecule has 0 saturated heterocycles. The van der Waals surface area contributed by atoms with E-state index >= 15 is 0 Å². The monoisotopic (exact) mass is 306 g/mol. The minimum Gasteiger partial charge on any atom is -0.384 e. The second kappa shape index (κ2) is 7.80. The highest BCUT2D eigenvalue weighted by molar-refractivity contribution is 7.90. The zero-order valence-corrected chi connectivity index (χ0v) is 12.8. The molecule has 0 fully saturated rings. The number of nitrogens with one attached hydrogen (secondary N) is 1. The maximum Gasteiger partial charge on any atom is 0.228 e. The molecule has 1 rings (SSSR count). The number of hydrogen-bond donors (Lipinski definition) is 2. The zero-order valence-electron chi connectivity index (χ0n) is 12.0. The molecule has 0 radical (unpaired) electrons. The van der Waals surface area contributed by atoms with Crippen LogP contribution in [0.1, 0.15) is 37.4 Å². The summed E-state index contributed by atoms with van der Waals surface area (Å²) in [5.74, 6) is 5.31. The minimum absolute atomic E-state index is 0.229. The average Bonchev–Trinajstić information content (AvgIpc) is 2.45. The molecule has 0 aliphatic carbocycles. The van der Waals surface area contributed by atoms with Gasteiger partial charge in [-0.25, -0.2) is 13.1 Å². The topological polar surface area (TPSA) is 90.2 Å². The molecule has 0 saturated carbocycles. The third-order valence-corrected chi connectivity index (χ3v) is 4.80. The van der Waals surface area contributed by atoms with Crippen LogP contribution >= 0.6 is 0 Å². The van der Waals surface area contributed by atoms with Crippen LogP contribution in [0.3, 0.4) is 0 Å². The van der Waals surface area contributed by atoms with Crippen LogP contribution in [-0.2, 0) is 10.0 Å². The highest BCUT2D eigenvalue weighted by Crippen LogP contribution is 2.16. The normalized spacial score (nSPS) is 13.6. The highest BCUT2D eigenvalue weighted by atomic mass is 32.2. The maximum atomic E-state index is 12.0. The van der Waals surface area contributed by atoms with E-state index in [0.29, 0.717) is 5.56 Å². The molecule has 0 spiro atoms. The Bertz CT molecular complexity index is 681. The van der Waals surface area contributed by atoms with E-state index in [1.54, 1.807) is 44.2 Å². The summed E-state index contributed by atoms with van der Waals surface area (Å²) in [6.45, 7) is 3.13. The molecule has 0 aromatic heterocycles. The summed E-state index contributed by atoms with van der Waals surface area (Å²) < 4.78 is 26.6. The van der Waals surface area contributed by atoms with Crippen LogP contribution in [0.15, 0.2) is 24.3 Å². The van der Waals surface area contributed by atoms with Crippen LogP contribution in [0, 0.1) is 23.2 Å². The second-order valence-electron chi connectivity index (χ2n) is 4.50. The number of hydrogen-bond acceptors (Lipinski definition) is 4. The zero-order chi connectivity index (χ0) is 15.9. The highest BCUT2D eigenvalue weighted by Gasteiger charge is 2.25. The van der Waals surface area contributed by atoms with Crippen molar-refractivity contribution in [2.45, 2.75) is 31.6 Å². The van der Waals surface area contributed by atoms with E-state index in [1.807, 2.05) is 0 Å². The molecule has 1 aromatic rings. The molecule has 0 heterocycles. The Morgan fingerprint density at radius 3 is 2.71 bits per heavy atom. The SMILES string of the molecule is CCC(C#N)S(=O)(=O)NC(C)c1cccc(C#CCO)c1. The van der Waals surface area contributed by atoms with Gasteiger partial charge in [0.15, 0.2) is 5.25 Å². The van der Waals surface area contributed by atoms with Gasteiger partial charge in [-0.15, -0.1) is 0 Å². The van der Waals surface area contributed by atoms with Crippen molar-refractivity contribution >= 4 is 10.0 Å². The fourth-order valence-corrected chi connectivity index (χ4v) is 3.17. The number of aliphatic hydroxyl groups is 1. The van der Waals surface area contributed by atoms with E-state index in [0.717, 1.165) is 5.56 Å². The van der Waals surface area contributed by atoms with Crippen molar-refractivity contribution in [2.75, 3.05) is 6.61 Å². The van der Waals surface area contributed by atoms with Gasteiger partial charge in [0.2, 0.25) is 10.0 Å². The van der Waals surface area contributed by atoms with Crippen LogP contribution < -0.4 is 4.72 Å². The summed E-state index contributed by atoms with van der Waals surface area (Å²) in [6, 6.07) is 8.40. The average molecular weight is 306 g/mol. The maximum absolute atomic E-state index is 12.0. The molecular weight excluding hydrogens is 288 g/mol. The minimum atomic E-state index is -3.69. The Labute approximate surface area is 125 Å². The van der Waals surface area contributed by atoms with E-state index in [-0.39, 0.29) is 13.0 Å². The second-order valence-corrected chi connectivity index (χ2v) is 6.39. The summed E-state index contributed by atoms with van der Waals surface area (Å²) in [4.78, 5) is 0. The molecule has 1 aromatic carbocycles. The van der Waals surface area contributed by atoms with E-state index in [1.165, 1.54) is 0 Å². The van der Waals surface area contributed by atoms with E-state index < -0.39 is 21.3 Å². The van der Waals surface area contributed by atoms with E-state index in [4.69, 9.17) is 10.4 Å². The van der Waals surface area contributed by atoms with Gasteiger partial charge in [-0.05, 0) is 31.0 Å². The summed E-state index contributed by atoms with van der Waals surface area (Å²) in [5.41, 5.74) is 1.44. The van der Waals surface area contributed by atoms with Crippen molar-refractivity contribution in [3.8, 4) is 17.9 Å². The predicted molar refractivity (Wildman–Crippen MR) is 80.6 cm³/mol. The molecule has 2 atom stereocenters. The van der Waals surface area contributed by atoms with E-state index in [9.17, 15) is 8.42 Å². The summed E-state index contributed by atoms with van der Waals surface area (Å²) in [7, 11) is -3.69. The first-order valence-electron chi connectivity index (χ1n) is 6.55.